The highest BCUT2D eigenvalue weighted by Crippen LogP contribution is 2.22. The zero-order valence-corrected chi connectivity index (χ0v) is 13.1. The van der Waals surface area contributed by atoms with Crippen LogP contribution >= 0.6 is 0 Å². The van der Waals surface area contributed by atoms with Crippen LogP contribution in [0.4, 0.5) is 9.18 Å². The molecule has 1 aliphatic heterocycles. The number of β-amino-alcohol motifs (C(OH)–C–C–N with tert-alkyl or cyclic N) is 1. The van der Waals surface area contributed by atoms with Crippen LogP contribution in [0.15, 0.2) is 24.3 Å². The molecule has 22 heavy (non-hydrogen) atoms. The SMILES string of the molecule is CC(C)(C)OC(=O)N1C[C@@H](O)C[C@@H]1COc1ccc(F)cc1. The third-order valence-corrected chi connectivity index (χ3v) is 3.28. The second-order valence-electron chi connectivity index (χ2n) is 6.44. The Hall–Kier alpha value is -1.82. The standard InChI is InChI=1S/C16H22FNO4/c1-16(2,3)22-15(20)18-9-13(19)8-12(18)10-21-14-6-4-11(17)5-7-14/h4-7,12-13,19H,8-10H2,1-3H3/t12-,13+/m1/s1. The normalized spacial score (nSPS) is 21.8. The van der Waals surface area contributed by atoms with Crippen LogP contribution in [0.3, 0.4) is 0 Å². The fourth-order valence-electron chi connectivity index (χ4n) is 2.32. The third kappa shape index (κ3) is 4.59. The molecular formula is C16H22FNO4. The molecule has 1 heterocycles. The first kappa shape index (κ1) is 16.5. The Morgan fingerprint density at radius 3 is 2.59 bits per heavy atom. The first-order chi connectivity index (χ1) is 10.2. The Morgan fingerprint density at radius 1 is 1.36 bits per heavy atom. The number of hydrogen-bond acceptors (Lipinski definition) is 4. The number of hydrogen-bond donors (Lipinski definition) is 1. The highest BCUT2D eigenvalue weighted by Gasteiger charge is 2.37. The van der Waals surface area contributed by atoms with Crippen molar-refractivity contribution in [3.05, 3.63) is 30.1 Å². The number of ether oxygens (including phenoxy) is 2. The average molecular weight is 311 g/mol. The van der Waals surface area contributed by atoms with Crippen molar-refractivity contribution in [1.29, 1.82) is 0 Å². The molecule has 0 radical (unpaired) electrons. The molecular weight excluding hydrogens is 289 g/mol. The summed E-state index contributed by atoms with van der Waals surface area (Å²) < 4.78 is 23.8. The van der Waals surface area contributed by atoms with Crippen LogP contribution in [0, 0.1) is 5.82 Å². The van der Waals surface area contributed by atoms with E-state index in [0.717, 1.165) is 0 Å². The summed E-state index contributed by atoms with van der Waals surface area (Å²) >= 11 is 0. The molecule has 122 valence electrons. The van der Waals surface area contributed by atoms with Gasteiger partial charge in [0.05, 0.1) is 18.7 Å². The van der Waals surface area contributed by atoms with Gasteiger partial charge in [-0.05, 0) is 51.5 Å². The summed E-state index contributed by atoms with van der Waals surface area (Å²) in [7, 11) is 0. The molecule has 2 rings (SSSR count). The lowest BCUT2D eigenvalue weighted by Crippen LogP contribution is -2.42. The van der Waals surface area contributed by atoms with Gasteiger partial charge in [-0.2, -0.15) is 0 Å². The fourth-order valence-corrected chi connectivity index (χ4v) is 2.32. The molecule has 1 N–H and O–H groups in total. The maximum Gasteiger partial charge on any atom is 0.410 e. The topological polar surface area (TPSA) is 59.0 Å². The molecule has 0 unspecified atom stereocenters. The Bertz CT molecular complexity index is 512. The number of halogens is 1. The maximum atomic E-state index is 12.8. The Labute approximate surface area is 129 Å². The van der Waals surface area contributed by atoms with E-state index < -0.39 is 17.8 Å². The highest BCUT2D eigenvalue weighted by molar-refractivity contribution is 5.69. The lowest BCUT2D eigenvalue weighted by Gasteiger charge is -2.28. The molecule has 1 saturated heterocycles. The van der Waals surface area contributed by atoms with E-state index in [-0.39, 0.29) is 25.0 Å². The van der Waals surface area contributed by atoms with E-state index in [1.165, 1.54) is 29.2 Å². The molecule has 1 fully saturated rings. The number of carbonyl (C=O) groups is 1. The van der Waals surface area contributed by atoms with E-state index in [2.05, 4.69) is 0 Å². The van der Waals surface area contributed by atoms with Crippen LogP contribution < -0.4 is 4.74 Å². The molecule has 5 nitrogen and oxygen atoms in total. The van der Waals surface area contributed by atoms with Gasteiger partial charge in [0.2, 0.25) is 0 Å². The van der Waals surface area contributed by atoms with Crippen molar-refractivity contribution >= 4 is 6.09 Å². The molecule has 0 aromatic heterocycles. The summed E-state index contributed by atoms with van der Waals surface area (Å²) in [5.74, 6) is 0.186. The summed E-state index contributed by atoms with van der Waals surface area (Å²) in [6.07, 6.45) is -0.619. The van der Waals surface area contributed by atoms with Crippen molar-refractivity contribution in [3.8, 4) is 5.75 Å². The van der Waals surface area contributed by atoms with Gasteiger partial charge < -0.3 is 14.6 Å². The monoisotopic (exact) mass is 311 g/mol. The van der Waals surface area contributed by atoms with E-state index >= 15 is 0 Å². The molecule has 1 amide bonds. The average Bonchev–Trinajstić information content (AvgIpc) is 2.77. The highest BCUT2D eigenvalue weighted by atomic mass is 19.1. The first-order valence-electron chi connectivity index (χ1n) is 7.30. The molecule has 6 heteroatoms. The Balaban J connectivity index is 1.95. The number of likely N-dealkylation sites (tertiary alicyclic amines) is 1. The van der Waals surface area contributed by atoms with Gasteiger partial charge in [-0.15, -0.1) is 0 Å². The van der Waals surface area contributed by atoms with E-state index in [4.69, 9.17) is 9.47 Å². The molecule has 0 aliphatic carbocycles. The van der Waals surface area contributed by atoms with Crippen molar-refractivity contribution in [1.82, 2.24) is 4.90 Å². The number of aliphatic hydroxyl groups excluding tert-OH is 1. The zero-order valence-electron chi connectivity index (χ0n) is 13.1. The van der Waals surface area contributed by atoms with Crippen molar-refractivity contribution in [3.63, 3.8) is 0 Å². The van der Waals surface area contributed by atoms with Crippen molar-refractivity contribution < 1.29 is 23.8 Å². The van der Waals surface area contributed by atoms with Crippen molar-refractivity contribution in [2.75, 3.05) is 13.2 Å². The lowest BCUT2D eigenvalue weighted by molar-refractivity contribution is 0.0173. The third-order valence-electron chi connectivity index (χ3n) is 3.28. The maximum absolute atomic E-state index is 12.8. The van der Waals surface area contributed by atoms with Gasteiger partial charge in [-0.3, -0.25) is 4.90 Å². The van der Waals surface area contributed by atoms with Crippen LogP contribution in [-0.2, 0) is 4.74 Å². The van der Waals surface area contributed by atoms with Crippen molar-refractivity contribution in [2.24, 2.45) is 0 Å². The minimum atomic E-state index is -0.590. The summed E-state index contributed by atoms with van der Waals surface area (Å²) in [5, 5.41) is 9.80. The summed E-state index contributed by atoms with van der Waals surface area (Å²) in [4.78, 5) is 13.6. The molecule has 0 spiro atoms. The number of nitrogens with zero attached hydrogens (tertiary/aromatic N) is 1. The largest absolute Gasteiger partial charge is 0.491 e. The lowest BCUT2D eigenvalue weighted by atomic mass is 10.2. The second kappa shape index (κ2) is 6.52. The van der Waals surface area contributed by atoms with Crippen LogP contribution in [-0.4, -0.2) is 47.0 Å². The number of amides is 1. The van der Waals surface area contributed by atoms with E-state index in [1.54, 1.807) is 20.8 Å². The molecule has 0 saturated carbocycles. The minimum Gasteiger partial charge on any atom is -0.491 e. The van der Waals surface area contributed by atoms with Gasteiger partial charge in [0.25, 0.3) is 0 Å². The smallest absolute Gasteiger partial charge is 0.410 e. The van der Waals surface area contributed by atoms with Gasteiger partial charge in [-0.1, -0.05) is 0 Å². The van der Waals surface area contributed by atoms with E-state index in [0.29, 0.717) is 12.2 Å². The van der Waals surface area contributed by atoms with Gasteiger partial charge in [0.15, 0.2) is 0 Å². The quantitative estimate of drug-likeness (QED) is 0.932. The Morgan fingerprint density at radius 2 is 2.00 bits per heavy atom. The van der Waals surface area contributed by atoms with Gasteiger partial charge in [0.1, 0.15) is 23.8 Å². The van der Waals surface area contributed by atoms with Gasteiger partial charge in [-0.25, -0.2) is 9.18 Å². The summed E-state index contributed by atoms with van der Waals surface area (Å²) in [5.41, 5.74) is -0.590. The zero-order chi connectivity index (χ0) is 16.3. The first-order valence-corrected chi connectivity index (χ1v) is 7.30. The fraction of sp³-hybridized carbons (Fsp3) is 0.562. The predicted molar refractivity (Wildman–Crippen MR) is 79.2 cm³/mol. The number of benzene rings is 1. The van der Waals surface area contributed by atoms with Gasteiger partial charge >= 0.3 is 6.09 Å². The number of aliphatic hydroxyl groups is 1. The molecule has 2 atom stereocenters. The molecule has 1 aromatic carbocycles. The molecule has 0 bridgehead atoms. The van der Waals surface area contributed by atoms with Crippen LogP contribution in [0.25, 0.3) is 0 Å². The minimum absolute atomic E-state index is 0.224. The van der Waals surface area contributed by atoms with Crippen LogP contribution in [0.1, 0.15) is 27.2 Å². The second-order valence-corrected chi connectivity index (χ2v) is 6.44. The summed E-state index contributed by atoms with van der Waals surface area (Å²) in [6, 6.07) is 5.40. The molecule has 1 aromatic rings. The van der Waals surface area contributed by atoms with Crippen LogP contribution in [0.2, 0.25) is 0 Å². The predicted octanol–water partition coefficient (Wildman–Crippen LogP) is 2.57. The molecule has 1 aliphatic rings. The number of rotatable bonds is 3. The van der Waals surface area contributed by atoms with Gasteiger partial charge in [0, 0.05) is 0 Å². The summed E-state index contributed by atoms with van der Waals surface area (Å²) in [6.45, 7) is 5.83. The van der Waals surface area contributed by atoms with Crippen LogP contribution in [0.5, 0.6) is 5.75 Å². The Kier molecular flexibility index (Phi) is 4.90. The number of carbonyl (C=O) groups excluding carboxylic acids is 1. The van der Waals surface area contributed by atoms with E-state index in [1.807, 2.05) is 0 Å². The van der Waals surface area contributed by atoms with Crippen molar-refractivity contribution in [2.45, 2.75) is 44.9 Å². The van der Waals surface area contributed by atoms with E-state index in [9.17, 15) is 14.3 Å².